The van der Waals surface area contributed by atoms with Gasteiger partial charge in [-0.1, -0.05) is 23.7 Å². The second-order valence-corrected chi connectivity index (χ2v) is 8.11. The van der Waals surface area contributed by atoms with Crippen LogP contribution in [0, 0.1) is 0 Å². The first kappa shape index (κ1) is 18.9. The van der Waals surface area contributed by atoms with Gasteiger partial charge in [0.25, 0.3) is 5.91 Å². The lowest BCUT2D eigenvalue weighted by Gasteiger charge is -2.26. The topological polar surface area (TPSA) is 58.6 Å². The summed E-state index contributed by atoms with van der Waals surface area (Å²) in [4.78, 5) is 26.0. The van der Waals surface area contributed by atoms with E-state index in [1.54, 1.807) is 11.3 Å². The van der Waals surface area contributed by atoms with Crippen molar-refractivity contribution >= 4 is 45.3 Å². The van der Waals surface area contributed by atoms with E-state index < -0.39 is 0 Å². The highest BCUT2D eigenvalue weighted by atomic mass is 35.5. The molecule has 0 atom stereocenters. The van der Waals surface area contributed by atoms with Crippen LogP contribution in [0.2, 0.25) is 5.02 Å². The van der Waals surface area contributed by atoms with Crippen LogP contribution in [0.5, 0.6) is 0 Å². The van der Waals surface area contributed by atoms with Gasteiger partial charge in [0.1, 0.15) is 0 Å². The van der Waals surface area contributed by atoms with Crippen LogP contribution in [0.3, 0.4) is 0 Å². The Balaban J connectivity index is 1.58. The second kappa shape index (κ2) is 8.31. The number of rotatable bonds is 5. The molecule has 0 saturated carbocycles. The van der Waals surface area contributed by atoms with Crippen LogP contribution < -0.4 is 5.32 Å². The minimum Gasteiger partial charge on any atom is -0.378 e. The van der Waals surface area contributed by atoms with E-state index in [0.29, 0.717) is 49.8 Å². The Morgan fingerprint density at radius 1 is 1.14 bits per heavy atom. The maximum atomic E-state index is 12.6. The molecule has 0 radical (unpaired) electrons. The Bertz CT molecular complexity index is 1010. The van der Waals surface area contributed by atoms with Crippen molar-refractivity contribution in [2.24, 2.45) is 0 Å². The fourth-order valence-corrected chi connectivity index (χ4v) is 4.65. The van der Waals surface area contributed by atoms with Gasteiger partial charge in [-0.2, -0.15) is 0 Å². The van der Waals surface area contributed by atoms with Crippen LogP contribution in [0.15, 0.2) is 42.5 Å². The molecule has 4 rings (SSSR count). The lowest BCUT2D eigenvalue weighted by atomic mass is 10.0. The summed E-state index contributed by atoms with van der Waals surface area (Å²) in [5, 5.41) is 4.41. The third kappa shape index (κ3) is 3.90. The zero-order chi connectivity index (χ0) is 19.5. The predicted octanol–water partition coefficient (Wildman–Crippen LogP) is 3.94. The van der Waals surface area contributed by atoms with Crippen molar-refractivity contribution in [2.75, 3.05) is 26.3 Å². The summed E-state index contributed by atoms with van der Waals surface area (Å²) in [6.45, 7) is 2.94. The van der Waals surface area contributed by atoms with Crippen LogP contribution in [0.4, 0.5) is 0 Å². The average molecular weight is 415 g/mol. The Morgan fingerprint density at radius 3 is 2.61 bits per heavy atom. The fourth-order valence-electron chi connectivity index (χ4n) is 3.31. The van der Waals surface area contributed by atoms with E-state index >= 15 is 0 Å². The van der Waals surface area contributed by atoms with Crippen LogP contribution >= 0.6 is 22.9 Å². The molecule has 28 heavy (non-hydrogen) atoms. The molecule has 0 unspecified atom stereocenters. The number of hydrogen-bond donors (Lipinski definition) is 1. The number of hydrogen-bond acceptors (Lipinski definition) is 4. The van der Waals surface area contributed by atoms with Gasteiger partial charge < -0.3 is 15.0 Å². The Hall–Kier alpha value is -2.41. The summed E-state index contributed by atoms with van der Waals surface area (Å²) >= 11 is 8.07. The van der Waals surface area contributed by atoms with Crippen LogP contribution in [-0.4, -0.2) is 43.5 Å². The van der Waals surface area contributed by atoms with E-state index in [1.807, 2.05) is 41.3 Å². The molecule has 1 aliphatic rings. The first-order valence-corrected chi connectivity index (χ1v) is 10.2. The second-order valence-electron chi connectivity index (χ2n) is 6.57. The molecule has 1 saturated heterocycles. The third-order valence-corrected chi connectivity index (χ3v) is 6.34. The summed E-state index contributed by atoms with van der Waals surface area (Å²) in [5.74, 6) is 0.0356. The number of benzene rings is 2. The van der Waals surface area contributed by atoms with Gasteiger partial charge in [0.05, 0.1) is 29.5 Å². The third-order valence-electron chi connectivity index (χ3n) is 4.75. The number of carbonyl (C=O) groups is 2. The van der Waals surface area contributed by atoms with Crippen molar-refractivity contribution in [1.82, 2.24) is 10.2 Å². The minimum atomic E-state index is 0.0356. The number of morpholine rings is 1. The van der Waals surface area contributed by atoms with Gasteiger partial charge in [0.15, 0.2) is 0 Å². The maximum absolute atomic E-state index is 12.6. The first-order valence-electron chi connectivity index (χ1n) is 9.02. The molecule has 1 fully saturated rings. The van der Waals surface area contributed by atoms with Crippen molar-refractivity contribution in [3.05, 3.63) is 57.9 Å². The number of ether oxygens (including phenoxy) is 1. The van der Waals surface area contributed by atoms with Crippen molar-refractivity contribution in [3.63, 3.8) is 0 Å². The summed E-state index contributed by atoms with van der Waals surface area (Å²) < 4.78 is 6.31. The molecule has 144 valence electrons. The number of nitrogens with one attached hydrogen (secondary N) is 1. The van der Waals surface area contributed by atoms with Gasteiger partial charge in [-0.3, -0.25) is 9.59 Å². The number of thiophene rings is 1. The molecular formula is C21H19ClN2O3S. The van der Waals surface area contributed by atoms with E-state index in [0.717, 1.165) is 26.1 Å². The molecular weight excluding hydrogens is 396 g/mol. The highest BCUT2D eigenvalue weighted by molar-refractivity contribution is 7.19. The fraction of sp³-hybridized carbons (Fsp3) is 0.238. The largest absolute Gasteiger partial charge is 0.378 e. The predicted molar refractivity (Wildman–Crippen MR) is 112 cm³/mol. The van der Waals surface area contributed by atoms with Crippen LogP contribution in [0.25, 0.3) is 21.2 Å². The lowest BCUT2D eigenvalue weighted by Crippen LogP contribution is -2.40. The molecule has 0 bridgehead atoms. The van der Waals surface area contributed by atoms with Gasteiger partial charge in [0, 0.05) is 23.5 Å². The van der Waals surface area contributed by atoms with E-state index in [4.69, 9.17) is 16.3 Å². The molecule has 5 nitrogen and oxygen atoms in total. The molecule has 2 amide bonds. The molecule has 1 aliphatic heterocycles. The van der Waals surface area contributed by atoms with Crippen LogP contribution in [0.1, 0.15) is 15.2 Å². The highest BCUT2D eigenvalue weighted by Crippen LogP contribution is 2.36. The van der Waals surface area contributed by atoms with E-state index in [-0.39, 0.29) is 5.91 Å². The number of halogens is 1. The quantitative estimate of drug-likeness (QED) is 0.643. The van der Waals surface area contributed by atoms with Crippen molar-refractivity contribution in [1.29, 1.82) is 0 Å². The SMILES string of the molecule is O=CNCc1cc2cc(-c3ccc(C(=O)N4CCOCC4)cc3)cc(Cl)c2s1. The summed E-state index contributed by atoms with van der Waals surface area (Å²) in [6.07, 6.45) is 0.692. The molecule has 2 aromatic carbocycles. The van der Waals surface area contributed by atoms with Crippen molar-refractivity contribution in [2.45, 2.75) is 6.54 Å². The molecule has 2 heterocycles. The monoisotopic (exact) mass is 414 g/mol. The first-order chi connectivity index (χ1) is 13.7. The number of fused-ring (bicyclic) bond motifs is 1. The van der Waals surface area contributed by atoms with Gasteiger partial charge in [-0.15, -0.1) is 11.3 Å². The van der Waals surface area contributed by atoms with Gasteiger partial charge >= 0.3 is 0 Å². The van der Waals surface area contributed by atoms with E-state index in [9.17, 15) is 9.59 Å². The van der Waals surface area contributed by atoms with Crippen molar-refractivity contribution < 1.29 is 14.3 Å². The van der Waals surface area contributed by atoms with Gasteiger partial charge in [0.2, 0.25) is 6.41 Å². The van der Waals surface area contributed by atoms with E-state index in [2.05, 4.69) is 11.4 Å². The standard InChI is InChI=1S/C21H19ClN2O3S/c22-19-11-16(9-17-10-18(12-23-13-25)28-20(17)19)14-1-3-15(4-2-14)21(26)24-5-7-27-8-6-24/h1-4,9-11,13H,5-8,12H2,(H,23,25). The minimum absolute atomic E-state index is 0.0356. The van der Waals surface area contributed by atoms with Gasteiger partial charge in [-0.05, 0) is 46.8 Å². The lowest BCUT2D eigenvalue weighted by molar-refractivity contribution is -0.109. The van der Waals surface area contributed by atoms with E-state index in [1.165, 1.54) is 0 Å². The zero-order valence-corrected chi connectivity index (χ0v) is 16.7. The molecule has 7 heteroatoms. The Morgan fingerprint density at radius 2 is 1.89 bits per heavy atom. The summed E-state index contributed by atoms with van der Waals surface area (Å²) in [6, 6.07) is 13.7. The van der Waals surface area contributed by atoms with Crippen LogP contribution in [-0.2, 0) is 16.1 Å². The number of amides is 2. The summed E-state index contributed by atoms with van der Waals surface area (Å²) in [5.41, 5.74) is 2.67. The normalized spacial score (nSPS) is 14.2. The number of carbonyl (C=O) groups excluding carboxylic acids is 2. The molecule has 0 aliphatic carbocycles. The molecule has 1 aromatic heterocycles. The highest BCUT2D eigenvalue weighted by Gasteiger charge is 2.18. The molecule has 3 aromatic rings. The van der Waals surface area contributed by atoms with Crippen molar-refractivity contribution in [3.8, 4) is 11.1 Å². The summed E-state index contributed by atoms with van der Waals surface area (Å²) in [7, 11) is 0. The molecule has 0 spiro atoms. The average Bonchev–Trinajstić information content (AvgIpc) is 3.16. The number of nitrogens with zero attached hydrogens (tertiary/aromatic N) is 1. The maximum Gasteiger partial charge on any atom is 0.254 e. The Kier molecular flexibility index (Phi) is 5.62. The Labute approximate surface area is 171 Å². The smallest absolute Gasteiger partial charge is 0.254 e. The van der Waals surface area contributed by atoms with Gasteiger partial charge in [-0.25, -0.2) is 0 Å². The zero-order valence-electron chi connectivity index (χ0n) is 15.1. The molecule has 1 N–H and O–H groups in total.